The molecular weight excluding hydrogens is 313 g/mol. The molecule has 1 heteroatoms. The van der Waals surface area contributed by atoms with E-state index >= 15 is 0 Å². The van der Waals surface area contributed by atoms with Crippen LogP contribution in [0.4, 0.5) is 0 Å². The molecule has 0 saturated carbocycles. The zero-order valence-corrected chi connectivity index (χ0v) is 17.6. The summed E-state index contributed by atoms with van der Waals surface area (Å²) in [6, 6.07) is 0. The Balaban J connectivity index is 3.00. The molecule has 0 aliphatic rings. The monoisotopic (exact) mass is 357 g/mol. The summed E-state index contributed by atoms with van der Waals surface area (Å²) in [7, 11) is 0. The van der Waals surface area contributed by atoms with E-state index in [1.165, 1.54) is 89.9 Å². The Morgan fingerprint density at radius 2 is 0.762 bits per heavy atom. The number of hydrogen-bond donors (Lipinski definition) is 0. The van der Waals surface area contributed by atoms with E-state index in [9.17, 15) is 0 Å². The standard InChI is InChI=1S/C20H43Ge/c1-5-6-7-8-9-10-11-12-13-14-15-16-17-18-19-20-21(2,3)4/h1,5-20H2,2-4H3. The molecule has 0 nitrogen and oxygen atoms in total. The van der Waals surface area contributed by atoms with Gasteiger partial charge in [0.15, 0.2) is 0 Å². The fraction of sp³-hybridized carbons (Fsp3) is 0.950. The van der Waals surface area contributed by atoms with Gasteiger partial charge in [0, 0.05) is 0 Å². The normalized spacial score (nSPS) is 12.0. The summed E-state index contributed by atoms with van der Waals surface area (Å²) in [4.78, 5) is 0. The molecule has 0 unspecified atom stereocenters. The average molecular weight is 356 g/mol. The number of rotatable bonds is 16. The van der Waals surface area contributed by atoms with Crippen LogP contribution in [0.2, 0.25) is 22.5 Å². The van der Waals surface area contributed by atoms with Gasteiger partial charge in [-0.2, -0.15) is 0 Å². The van der Waals surface area contributed by atoms with E-state index in [0.29, 0.717) is 0 Å². The van der Waals surface area contributed by atoms with Crippen molar-refractivity contribution in [1.82, 2.24) is 0 Å². The van der Waals surface area contributed by atoms with E-state index in [1.54, 1.807) is 5.25 Å². The summed E-state index contributed by atoms with van der Waals surface area (Å²) in [5.74, 6) is 7.63. The van der Waals surface area contributed by atoms with Gasteiger partial charge < -0.3 is 0 Å². The third-order valence-corrected chi connectivity index (χ3v) is 8.32. The number of unbranched alkanes of at least 4 members (excludes halogenated alkanes) is 14. The molecule has 1 radical (unpaired) electrons. The minimum atomic E-state index is -1.22. The zero-order chi connectivity index (χ0) is 15.8. The van der Waals surface area contributed by atoms with Crippen molar-refractivity contribution in [2.45, 2.75) is 119 Å². The van der Waals surface area contributed by atoms with Gasteiger partial charge in [0.25, 0.3) is 0 Å². The molecule has 21 heavy (non-hydrogen) atoms. The molecule has 0 saturated heterocycles. The molecule has 0 spiro atoms. The maximum absolute atomic E-state index is 3.90. The van der Waals surface area contributed by atoms with Gasteiger partial charge in [0.05, 0.1) is 0 Å². The van der Waals surface area contributed by atoms with Gasteiger partial charge in [-0.25, -0.2) is 0 Å². The average Bonchev–Trinajstić information content (AvgIpc) is 2.42. The molecule has 0 aliphatic heterocycles. The molecule has 0 amide bonds. The second-order valence-corrected chi connectivity index (χ2v) is 19.9. The van der Waals surface area contributed by atoms with Crippen LogP contribution in [0.5, 0.6) is 0 Å². The van der Waals surface area contributed by atoms with Crippen LogP contribution in [-0.4, -0.2) is 13.3 Å². The van der Waals surface area contributed by atoms with E-state index in [-0.39, 0.29) is 0 Å². The van der Waals surface area contributed by atoms with E-state index in [4.69, 9.17) is 0 Å². The van der Waals surface area contributed by atoms with E-state index in [1.807, 2.05) is 0 Å². The van der Waals surface area contributed by atoms with Crippen LogP contribution in [0, 0.1) is 6.92 Å². The first-order valence-electron chi connectivity index (χ1n) is 9.85. The van der Waals surface area contributed by atoms with Crippen molar-refractivity contribution in [3.05, 3.63) is 6.92 Å². The SMILES string of the molecule is [CH2]CCCCCCCCCCCCCCC[CH2][Ge]([CH3])([CH3])[CH3]. The molecule has 0 aliphatic carbocycles. The van der Waals surface area contributed by atoms with Crippen molar-refractivity contribution in [3.63, 3.8) is 0 Å². The summed E-state index contributed by atoms with van der Waals surface area (Å²) in [6.45, 7) is 3.90. The van der Waals surface area contributed by atoms with Crippen LogP contribution in [0.1, 0.15) is 96.3 Å². The summed E-state index contributed by atoms with van der Waals surface area (Å²) in [6.07, 6.45) is 21.6. The molecular formula is C20H43Ge. The predicted octanol–water partition coefficient (Wildman–Crippen LogP) is 8.01. The van der Waals surface area contributed by atoms with E-state index < -0.39 is 13.3 Å². The molecule has 0 N–H and O–H groups in total. The van der Waals surface area contributed by atoms with Gasteiger partial charge in [-0.1, -0.05) is 32.6 Å². The Kier molecular flexibility index (Phi) is 15.8. The van der Waals surface area contributed by atoms with Crippen LogP contribution >= 0.6 is 0 Å². The molecule has 0 atom stereocenters. The van der Waals surface area contributed by atoms with Crippen LogP contribution in [0.15, 0.2) is 0 Å². The molecule has 0 heterocycles. The minimum absolute atomic E-state index is 1.12. The maximum atomic E-state index is 3.90. The Labute approximate surface area is 139 Å². The fourth-order valence-corrected chi connectivity index (χ4v) is 5.70. The van der Waals surface area contributed by atoms with Crippen molar-refractivity contribution >= 4 is 13.3 Å². The van der Waals surface area contributed by atoms with Crippen molar-refractivity contribution < 1.29 is 0 Å². The van der Waals surface area contributed by atoms with Gasteiger partial charge >= 0.3 is 106 Å². The van der Waals surface area contributed by atoms with E-state index in [2.05, 4.69) is 24.2 Å². The van der Waals surface area contributed by atoms with Gasteiger partial charge in [-0.3, -0.25) is 0 Å². The first-order chi connectivity index (χ1) is 10.1. The number of hydrogen-bond acceptors (Lipinski definition) is 0. The second kappa shape index (κ2) is 15.4. The first-order valence-corrected chi connectivity index (χ1v) is 17.6. The third-order valence-electron chi connectivity index (χ3n) is 4.43. The molecule has 0 bridgehead atoms. The molecule has 0 aromatic heterocycles. The zero-order valence-electron chi connectivity index (χ0n) is 15.5. The second-order valence-electron chi connectivity index (χ2n) is 8.11. The van der Waals surface area contributed by atoms with Gasteiger partial charge in [0.1, 0.15) is 0 Å². The Hall–Kier alpha value is 0.543. The topological polar surface area (TPSA) is 0 Å². The quantitative estimate of drug-likeness (QED) is 0.194. The van der Waals surface area contributed by atoms with Crippen LogP contribution in [-0.2, 0) is 0 Å². The van der Waals surface area contributed by atoms with Gasteiger partial charge in [-0.15, -0.1) is 0 Å². The van der Waals surface area contributed by atoms with Crippen LogP contribution in [0.25, 0.3) is 0 Å². The molecule has 0 fully saturated rings. The summed E-state index contributed by atoms with van der Waals surface area (Å²) >= 11 is -1.22. The van der Waals surface area contributed by atoms with Crippen LogP contribution < -0.4 is 0 Å². The summed E-state index contributed by atoms with van der Waals surface area (Å²) in [5.41, 5.74) is 0. The van der Waals surface area contributed by atoms with Crippen molar-refractivity contribution in [3.8, 4) is 0 Å². The molecule has 0 aromatic carbocycles. The third kappa shape index (κ3) is 20.5. The van der Waals surface area contributed by atoms with E-state index in [0.717, 1.165) is 6.42 Å². The van der Waals surface area contributed by atoms with Crippen molar-refractivity contribution in [2.75, 3.05) is 0 Å². The Morgan fingerprint density at radius 3 is 1.05 bits per heavy atom. The molecule has 0 aromatic rings. The van der Waals surface area contributed by atoms with Crippen molar-refractivity contribution in [1.29, 1.82) is 0 Å². The van der Waals surface area contributed by atoms with Gasteiger partial charge in [0.2, 0.25) is 0 Å². The summed E-state index contributed by atoms with van der Waals surface area (Å²) < 4.78 is 0. The fourth-order valence-electron chi connectivity index (χ4n) is 2.95. The van der Waals surface area contributed by atoms with Gasteiger partial charge in [-0.05, 0) is 0 Å². The Morgan fingerprint density at radius 1 is 0.476 bits per heavy atom. The molecule has 0 rings (SSSR count). The first kappa shape index (κ1) is 21.5. The van der Waals surface area contributed by atoms with Crippen molar-refractivity contribution in [2.24, 2.45) is 0 Å². The molecule has 127 valence electrons. The Bertz CT molecular complexity index is 193. The predicted molar refractivity (Wildman–Crippen MR) is 103 cm³/mol. The summed E-state index contributed by atoms with van der Waals surface area (Å²) in [5, 5.41) is 1.58. The van der Waals surface area contributed by atoms with Crippen LogP contribution in [0.3, 0.4) is 0 Å².